The average molecular weight is 289 g/mol. The van der Waals surface area contributed by atoms with Crippen molar-refractivity contribution >= 4 is 11.6 Å². The van der Waals surface area contributed by atoms with Crippen molar-refractivity contribution in [2.24, 2.45) is 0 Å². The lowest BCUT2D eigenvalue weighted by molar-refractivity contribution is 0.0692. The minimum Gasteiger partial charge on any atom is -0.476 e. The molecule has 0 saturated carbocycles. The summed E-state index contributed by atoms with van der Waals surface area (Å²) in [6, 6.07) is 2.12. The van der Waals surface area contributed by atoms with Crippen LogP contribution in [0.4, 0.5) is 8.78 Å². The number of fused-ring (bicyclic) bond motifs is 1. The van der Waals surface area contributed by atoms with Gasteiger partial charge >= 0.3 is 5.97 Å². The predicted molar refractivity (Wildman–Crippen MR) is 70.0 cm³/mol. The second-order valence-corrected chi connectivity index (χ2v) is 4.52. The molecule has 2 aromatic heterocycles. The van der Waals surface area contributed by atoms with Crippen LogP contribution in [0.25, 0.3) is 16.9 Å². The molecule has 0 unspecified atom stereocenters. The maximum Gasteiger partial charge on any atom is 0.358 e. The van der Waals surface area contributed by atoms with Crippen LogP contribution in [-0.2, 0) is 0 Å². The highest BCUT2D eigenvalue weighted by molar-refractivity contribution is 5.92. The van der Waals surface area contributed by atoms with E-state index in [0.717, 1.165) is 12.1 Å². The van der Waals surface area contributed by atoms with E-state index in [1.54, 1.807) is 0 Å². The first kappa shape index (κ1) is 13.2. The third-order valence-corrected chi connectivity index (χ3v) is 3.10. The lowest BCUT2D eigenvalue weighted by atomic mass is 10.1. The summed E-state index contributed by atoms with van der Waals surface area (Å²) in [6.07, 6.45) is 4.21. The van der Waals surface area contributed by atoms with Crippen LogP contribution in [-0.4, -0.2) is 25.4 Å². The monoisotopic (exact) mass is 289 g/mol. The van der Waals surface area contributed by atoms with Gasteiger partial charge in [-0.15, -0.1) is 0 Å². The standard InChI is InChI=1S/C14H9F2N3O2/c1-7-4-10(16)8(5-9(7)15)11-6-19-3-2-17-12(14(20)21)13(19)18-11/h2-6H,1H3,(H,20,21). The summed E-state index contributed by atoms with van der Waals surface area (Å²) in [5.74, 6) is -2.42. The average Bonchev–Trinajstić information content (AvgIpc) is 2.85. The van der Waals surface area contributed by atoms with Crippen LogP contribution in [0.5, 0.6) is 0 Å². The molecule has 1 aromatic carbocycles. The Labute approximate surface area is 117 Å². The van der Waals surface area contributed by atoms with Gasteiger partial charge in [-0.05, 0) is 24.6 Å². The first-order valence-electron chi connectivity index (χ1n) is 6.00. The summed E-state index contributed by atoms with van der Waals surface area (Å²) in [5, 5.41) is 9.05. The largest absolute Gasteiger partial charge is 0.476 e. The summed E-state index contributed by atoms with van der Waals surface area (Å²) in [7, 11) is 0. The van der Waals surface area contributed by atoms with Crippen LogP contribution in [0, 0.1) is 18.6 Å². The van der Waals surface area contributed by atoms with Gasteiger partial charge in [0.1, 0.15) is 11.6 Å². The Bertz CT molecular complexity index is 874. The van der Waals surface area contributed by atoms with Crippen molar-refractivity contribution in [3.8, 4) is 11.3 Å². The zero-order valence-electron chi connectivity index (χ0n) is 10.8. The number of imidazole rings is 1. The Kier molecular flexibility index (Phi) is 2.90. The van der Waals surface area contributed by atoms with Crippen LogP contribution >= 0.6 is 0 Å². The van der Waals surface area contributed by atoms with E-state index in [2.05, 4.69) is 9.97 Å². The second kappa shape index (κ2) is 4.62. The number of carboxylic acid groups (broad SMARTS) is 1. The number of carboxylic acids is 1. The SMILES string of the molecule is Cc1cc(F)c(-c2cn3ccnc(C(=O)O)c3n2)cc1F. The third-order valence-electron chi connectivity index (χ3n) is 3.10. The smallest absolute Gasteiger partial charge is 0.358 e. The minimum atomic E-state index is -1.24. The molecule has 2 heterocycles. The Morgan fingerprint density at radius 2 is 2.05 bits per heavy atom. The molecule has 0 radical (unpaired) electrons. The maximum absolute atomic E-state index is 14.0. The molecule has 0 fully saturated rings. The zero-order chi connectivity index (χ0) is 15.1. The molecule has 106 valence electrons. The number of halogens is 2. The molecule has 0 aliphatic heterocycles. The summed E-state index contributed by atoms with van der Waals surface area (Å²) < 4.78 is 29.0. The number of hydrogen-bond donors (Lipinski definition) is 1. The van der Waals surface area contributed by atoms with Gasteiger partial charge in [-0.3, -0.25) is 0 Å². The Morgan fingerprint density at radius 3 is 2.76 bits per heavy atom. The van der Waals surface area contributed by atoms with Crippen molar-refractivity contribution in [3.05, 3.63) is 53.6 Å². The van der Waals surface area contributed by atoms with Crippen LogP contribution in [0.1, 0.15) is 16.1 Å². The number of rotatable bonds is 2. The van der Waals surface area contributed by atoms with E-state index in [-0.39, 0.29) is 28.2 Å². The normalized spacial score (nSPS) is 11.0. The molecule has 0 atom stereocenters. The molecular weight excluding hydrogens is 280 g/mol. The molecule has 5 nitrogen and oxygen atoms in total. The number of aryl methyl sites for hydroxylation is 1. The van der Waals surface area contributed by atoms with Gasteiger partial charge in [-0.25, -0.2) is 23.5 Å². The summed E-state index contributed by atoms with van der Waals surface area (Å²) in [5.41, 5.74) is 0.116. The number of hydrogen-bond acceptors (Lipinski definition) is 3. The van der Waals surface area contributed by atoms with Gasteiger partial charge in [0.05, 0.1) is 5.69 Å². The van der Waals surface area contributed by atoms with Crippen LogP contribution < -0.4 is 0 Å². The first-order chi connectivity index (χ1) is 9.97. The molecule has 3 aromatic rings. The highest BCUT2D eigenvalue weighted by Crippen LogP contribution is 2.25. The molecule has 0 aliphatic rings. The molecular formula is C14H9F2N3O2. The number of nitrogens with zero attached hydrogens (tertiary/aromatic N) is 3. The van der Waals surface area contributed by atoms with Gasteiger partial charge in [0, 0.05) is 24.2 Å². The van der Waals surface area contributed by atoms with Crippen LogP contribution in [0.15, 0.2) is 30.7 Å². The van der Waals surface area contributed by atoms with Gasteiger partial charge < -0.3 is 9.51 Å². The van der Waals surface area contributed by atoms with Crippen molar-refractivity contribution in [3.63, 3.8) is 0 Å². The fourth-order valence-corrected chi connectivity index (χ4v) is 2.04. The molecule has 3 rings (SSSR count). The minimum absolute atomic E-state index is 0.0295. The predicted octanol–water partition coefficient (Wildman–Crippen LogP) is 2.68. The van der Waals surface area contributed by atoms with Crippen molar-refractivity contribution in [1.29, 1.82) is 0 Å². The van der Waals surface area contributed by atoms with E-state index in [1.165, 1.54) is 29.9 Å². The van der Waals surface area contributed by atoms with E-state index in [9.17, 15) is 13.6 Å². The van der Waals surface area contributed by atoms with Gasteiger partial charge in [0.2, 0.25) is 0 Å². The van der Waals surface area contributed by atoms with Crippen molar-refractivity contribution in [2.45, 2.75) is 6.92 Å². The number of carbonyl (C=O) groups is 1. The van der Waals surface area contributed by atoms with Crippen LogP contribution in [0.2, 0.25) is 0 Å². The van der Waals surface area contributed by atoms with Crippen molar-refractivity contribution in [2.75, 3.05) is 0 Å². The van der Waals surface area contributed by atoms with Gasteiger partial charge in [0.25, 0.3) is 0 Å². The molecule has 0 amide bonds. The zero-order valence-corrected chi connectivity index (χ0v) is 10.8. The highest BCUT2D eigenvalue weighted by Gasteiger charge is 2.17. The lowest BCUT2D eigenvalue weighted by Crippen LogP contribution is -2.03. The molecule has 1 N–H and O–H groups in total. The Morgan fingerprint density at radius 1 is 1.29 bits per heavy atom. The Hall–Kier alpha value is -2.83. The summed E-state index contributed by atoms with van der Waals surface area (Å²) in [6.45, 7) is 1.46. The van der Waals surface area contributed by atoms with Gasteiger partial charge in [0.15, 0.2) is 11.3 Å². The van der Waals surface area contributed by atoms with Gasteiger partial charge in [-0.2, -0.15) is 0 Å². The van der Waals surface area contributed by atoms with Crippen molar-refractivity contribution < 1.29 is 18.7 Å². The van der Waals surface area contributed by atoms with E-state index in [0.29, 0.717) is 0 Å². The molecule has 0 aliphatic carbocycles. The molecule has 0 spiro atoms. The molecule has 0 saturated heterocycles. The van der Waals surface area contributed by atoms with E-state index in [4.69, 9.17) is 5.11 Å². The maximum atomic E-state index is 14.0. The van der Waals surface area contributed by atoms with E-state index in [1.807, 2.05) is 0 Å². The van der Waals surface area contributed by atoms with Crippen molar-refractivity contribution in [1.82, 2.24) is 14.4 Å². The number of aromatic carboxylic acids is 1. The fraction of sp³-hybridized carbons (Fsp3) is 0.0714. The number of benzene rings is 1. The number of aromatic nitrogens is 3. The fourth-order valence-electron chi connectivity index (χ4n) is 2.04. The highest BCUT2D eigenvalue weighted by atomic mass is 19.1. The molecule has 21 heavy (non-hydrogen) atoms. The topological polar surface area (TPSA) is 67.5 Å². The van der Waals surface area contributed by atoms with E-state index >= 15 is 0 Å². The molecule has 7 heteroatoms. The molecule has 0 bridgehead atoms. The third kappa shape index (κ3) is 2.12. The van der Waals surface area contributed by atoms with Crippen LogP contribution in [0.3, 0.4) is 0 Å². The van der Waals surface area contributed by atoms with E-state index < -0.39 is 17.6 Å². The first-order valence-corrected chi connectivity index (χ1v) is 6.00. The second-order valence-electron chi connectivity index (χ2n) is 4.52. The Balaban J connectivity index is 2.25. The summed E-state index contributed by atoms with van der Waals surface area (Å²) >= 11 is 0. The quantitative estimate of drug-likeness (QED) is 0.787. The lowest BCUT2D eigenvalue weighted by Gasteiger charge is -2.02. The summed E-state index contributed by atoms with van der Waals surface area (Å²) in [4.78, 5) is 18.8. The van der Waals surface area contributed by atoms with Gasteiger partial charge in [-0.1, -0.05) is 0 Å².